The van der Waals surface area contributed by atoms with Gasteiger partial charge in [-0.15, -0.1) is 0 Å². The van der Waals surface area contributed by atoms with Gasteiger partial charge in [0.2, 0.25) is 0 Å². The summed E-state index contributed by atoms with van der Waals surface area (Å²) < 4.78 is 6.96. The number of carbonyl (C=O) groups excluding carboxylic acids is 2. The van der Waals surface area contributed by atoms with E-state index < -0.39 is 0 Å². The third-order valence-corrected chi connectivity index (χ3v) is 6.65. The molecule has 8 nitrogen and oxygen atoms in total. The summed E-state index contributed by atoms with van der Waals surface area (Å²) in [4.78, 5) is 26.9. The van der Waals surface area contributed by atoms with Gasteiger partial charge >= 0.3 is 0 Å². The fourth-order valence-corrected chi connectivity index (χ4v) is 4.17. The molecule has 0 atom stereocenters. The molecule has 2 amide bonds. The van der Waals surface area contributed by atoms with E-state index in [-0.39, 0.29) is 11.8 Å². The normalized spacial score (nSPS) is 11.1. The smallest absolute Gasteiger partial charge is 0.271 e. The molecule has 0 aliphatic carbocycles. The van der Waals surface area contributed by atoms with E-state index in [1.165, 1.54) is 0 Å². The molecule has 0 radical (unpaired) electrons. The van der Waals surface area contributed by atoms with Gasteiger partial charge in [-0.2, -0.15) is 10.2 Å². The molecule has 0 aromatic heterocycles. The minimum atomic E-state index is -0.311. The van der Waals surface area contributed by atoms with Gasteiger partial charge in [0.1, 0.15) is 0 Å². The number of hydrogen-bond donors (Lipinski definition) is 2. The van der Waals surface area contributed by atoms with Crippen molar-refractivity contribution in [1.29, 1.82) is 0 Å². The Morgan fingerprint density at radius 3 is 1.78 bits per heavy atom. The molecule has 0 spiro atoms. The lowest BCUT2D eigenvalue weighted by Crippen LogP contribution is -2.18. The Balaban J connectivity index is 1.45. The van der Waals surface area contributed by atoms with Crippen LogP contribution in [-0.2, 0) is 18.0 Å². The topological polar surface area (TPSA) is 95.4 Å². The van der Waals surface area contributed by atoms with Gasteiger partial charge in [0.25, 0.3) is 11.8 Å². The Bertz CT molecular complexity index is 1520. The first-order valence-corrected chi connectivity index (χ1v) is 13.9. The van der Waals surface area contributed by atoms with Crippen molar-refractivity contribution in [3.05, 3.63) is 134 Å². The van der Waals surface area contributed by atoms with Crippen LogP contribution in [0, 0.1) is 3.57 Å². The first kappa shape index (κ1) is 29.6. The van der Waals surface area contributed by atoms with Gasteiger partial charge in [0.05, 0.1) is 25.6 Å². The van der Waals surface area contributed by atoms with Crippen LogP contribution in [0.1, 0.15) is 43.0 Å². The SMILES string of the molecule is CN(C)c1ccc(C(=O)N/N=C/c2cc(/C=N/NC(=O)c3ccc(I)cc3)cc(COCc3ccccc3)c2)cc1. The summed E-state index contributed by atoms with van der Waals surface area (Å²) in [6.45, 7) is 0.828. The molecule has 9 heteroatoms. The van der Waals surface area contributed by atoms with Gasteiger partial charge in [0.15, 0.2) is 0 Å². The van der Waals surface area contributed by atoms with Crippen LogP contribution in [0.2, 0.25) is 0 Å². The van der Waals surface area contributed by atoms with Gasteiger partial charge in [-0.3, -0.25) is 9.59 Å². The van der Waals surface area contributed by atoms with Gasteiger partial charge in [-0.1, -0.05) is 30.3 Å². The Kier molecular flexibility index (Phi) is 10.7. The second-order valence-corrected chi connectivity index (χ2v) is 10.6. The van der Waals surface area contributed by atoms with Crippen molar-refractivity contribution >= 4 is 52.5 Å². The lowest BCUT2D eigenvalue weighted by molar-refractivity contribution is 0.0947. The van der Waals surface area contributed by atoms with Crippen LogP contribution >= 0.6 is 22.6 Å². The van der Waals surface area contributed by atoms with Crippen LogP contribution in [0.15, 0.2) is 107 Å². The van der Waals surface area contributed by atoms with E-state index in [4.69, 9.17) is 4.74 Å². The van der Waals surface area contributed by atoms with Gasteiger partial charge in [0, 0.05) is 34.5 Å². The predicted octanol–water partition coefficient (Wildman–Crippen LogP) is 5.60. The number of halogens is 1. The number of hydrazone groups is 2. The number of anilines is 1. The number of benzene rings is 4. The van der Waals surface area contributed by atoms with E-state index in [0.717, 1.165) is 31.5 Å². The van der Waals surface area contributed by atoms with Gasteiger partial charge < -0.3 is 9.64 Å². The zero-order valence-electron chi connectivity index (χ0n) is 22.8. The fourth-order valence-electron chi connectivity index (χ4n) is 3.81. The summed E-state index contributed by atoms with van der Waals surface area (Å²) in [6.07, 6.45) is 3.13. The van der Waals surface area contributed by atoms with Crippen LogP contribution in [-0.4, -0.2) is 38.3 Å². The average molecular weight is 660 g/mol. The minimum absolute atomic E-state index is 0.303. The number of amides is 2. The van der Waals surface area contributed by atoms with Crippen LogP contribution in [0.25, 0.3) is 0 Å². The highest BCUT2D eigenvalue weighted by Crippen LogP contribution is 2.13. The van der Waals surface area contributed by atoms with E-state index in [1.54, 1.807) is 36.7 Å². The number of hydrogen-bond acceptors (Lipinski definition) is 6. The van der Waals surface area contributed by atoms with E-state index in [1.807, 2.05) is 91.8 Å². The van der Waals surface area contributed by atoms with Gasteiger partial charge in [-0.05, 0) is 112 Å². The number of rotatable bonds is 11. The van der Waals surface area contributed by atoms with Crippen LogP contribution in [0.3, 0.4) is 0 Å². The van der Waals surface area contributed by atoms with E-state index in [0.29, 0.717) is 24.3 Å². The third kappa shape index (κ3) is 9.37. The third-order valence-electron chi connectivity index (χ3n) is 5.93. The van der Waals surface area contributed by atoms with Crippen LogP contribution < -0.4 is 15.8 Å². The van der Waals surface area contributed by atoms with Crippen molar-refractivity contribution in [2.45, 2.75) is 13.2 Å². The molecule has 0 unspecified atom stereocenters. The zero-order valence-corrected chi connectivity index (χ0v) is 24.9. The average Bonchev–Trinajstić information content (AvgIpc) is 2.98. The maximum atomic E-state index is 12.5. The molecule has 0 saturated carbocycles. The summed E-state index contributed by atoms with van der Waals surface area (Å²) >= 11 is 2.19. The van der Waals surface area contributed by atoms with Crippen molar-refractivity contribution in [3.63, 3.8) is 0 Å². The Morgan fingerprint density at radius 2 is 1.24 bits per heavy atom. The molecule has 0 bridgehead atoms. The Labute approximate surface area is 253 Å². The van der Waals surface area contributed by atoms with Crippen molar-refractivity contribution < 1.29 is 14.3 Å². The van der Waals surface area contributed by atoms with Gasteiger partial charge in [-0.25, -0.2) is 10.9 Å². The minimum Gasteiger partial charge on any atom is -0.378 e. The highest BCUT2D eigenvalue weighted by molar-refractivity contribution is 14.1. The second-order valence-electron chi connectivity index (χ2n) is 9.33. The molecule has 2 N–H and O–H groups in total. The molecule has 4 rings (SSSR count). The summed E-state index contributed by atoms with van der Waals surface area (Å²) in [6, 6.07) is 30.1. The Morgan fingerprint density at radius 1 is 0.732 bits per heavy atom. The molecule has 208 valence electrons. The Hall–Kier alpha value is -4.35. The highest BCUT2D eigenvalue weighted by Gasteiger charge is 2.06. The van der Waals surface area contributed by atoms with Crippen molar-refractivity contribution in [2.24, 2.45) is 10.2 Å². The first-order valence-electron chi connectivity index (χ1n) is 12.8. The zero-order chi connectivity index (χ0) is 29.0. The summed E-state index contributed by atoms with van der Waals surface area (Å²) in [5.41, 5.74) is 10.6. The molecule has 41 heavy (non-hydrogen) atoms. The lowest BCUT2D eigenvalue weighted by atomic mass is 10.1. The maximum Gasteiger partial charge on any atom is 0.271 e. The molecule has 0 heterocycles. The van der Waals surface area contributed by atoms with E-state index >= 15 is 0 Å². The monoisotopic (exact) mass is 659 g/mol. The highest BCUT2D eigenvalue weighted by atomic mass is 127. The van der Waals surface area contributed by atoms with Crippen molar-refractivity contribution in [2.75, 3.05) is 19.0 Å². The van der Waals surface area contributed by atoms with E-state index in [9.17, 15) is 9.59 Å². The molecule has 0 aliphatic rings. The summed E-state index contributed by atoms with van der Waals surface area (Å²) in [5.74, 6) is -0.614. The molecular weight excluding hydrogens is 629 g/mol. The molecular formula is C32H30IN5O3. The predicted molar refractivity (Wildman–Crippen MR) is 171 cm³/mol. The lowest BCUT2D eigenvalue weighted by Gasteiger charge is -2.12. The largest absolute Gasteiger partial charge is 0.378 e. The summed E-state index contributed by atoms with van der Waals surface area (Å²) in [7, 11) is 3.88. The maximum absolute atomic E-state index is 12.5. The van der Waals surface area contributed by atoms with Crippen LogP contribution in [0.5, 0.6) is 0 Å². The molecule has 0 saturated heterocycles. The quantitative estimate of drug-likeness (QED) is 0.125. The van der Waals surface area contributed by atoms with Crippen molar-refractivity contribution in [1.82, 2.24) is 10.9 Å². The number of ether oxygens (including phenoxy) is 1. The molecule has 4 aromatic rings. The molecule has 0 aliphatic heterocycles. The summed E-state index contributed by atoms with van der Waals surface area (Å²) in [5, 5.41) is 8.28. The number of nitrogens with one attached hydrogen (secondary N) is 2. The van der Waals surface area contributed by atoms with Crippen LogP contribution in [0.4, 0.5) is 5.69 Å². The fraction of sp³-hybridized carbons (Fsp3) is 0.125. The number of carbonyl (C=O) groups is 2. The second kappa shape index (κ2) is 14.9. The first-order chi connectivity index (χ1) is 19.9. The van der Waals surface area contributed by atoms with Crippen molar-refractivity contribution in [3.8, 4) is 0 Å². The van der Waals surface area contributed by atoms with E-state index in [2.05, 4.69) is 43.6 Å². The molecule has 4 aromatic carbocycles. The molecule has 0 fully saturated rings. The number of nitrogens with zero attached hydrogens (tertiary/aromatic N) is 3. The standard InChI is InChI=1S/C32H30IN5O3/c1-38(2)30-14-10-28(11-15-30)32(40)37-35-20-25-16-24(19-34-36-31(39)27-8-12-29(33)13-9-27)17-26(18-25)22-41-21-23-6-4-3-5-7-23/h3-20H,21-22H2,1-2H3,(H,36,39)(H,37,40)/b34-19+,35-20+.